The zero-order chi connectivity index (χ0) is 12.3. The molecule has 0 radical (unpaired) electrons. The van der Waals surface area contributed by atoms with Gasteiger partial charge in [0.15, 0.2) is 0 Å². The number of rotatable bonds is 3. The Morgan fingerprint density at radius 1 is 1.59 bits per heavy atom. The molecule has 4 nitrogen and oxygen atoms in total. The Morgan fingerprint density at radius 3 is 3.06 bits per heavy atom. The van der Waals surface area contributed by atoms with Crippen LogP contribution in [0.15, 0.2) is 6.07 Å². The Bertz CT molecular complexity index is 445. The van der Waals surface area contributed by atoms with Crippen molar-refractivity contribution in [2.75, 3.05) is 25.1 Å². The monoisotopic (exact) mass is 231 g/mol. The third-order valence-electron chi connectivity index (χ3n) is 3.04. The highest BCUT2D eigenvalue weighted by Crippen LogP contribution is 2.19. The molecule has 1 N–H and O–H groups in total. The van der Waals surface area contributed by atoms with Gasteiger partial charge in [0.05, 0.1) is 12.2 Å². The second kappa shape index (κ2) is 5.15. The quantitative estimate of drug-likeness (QED) is 0.864. The Hall–Kier alpha value is -1.60. The summed E-state index contributed by atoms with van der Waals surface area (Å²) in [6.45, 7) is 6.36. The van der Waals surface area contributed by atoms with Gasteiger partial charge < -0.3 is 10.1 Å². The highest BCUT2D eigenvalue weighted by molar-refractivity contribution is 5.56. The van der Waals surface area contributed by atoms with Gasteiger partial charge in [0, 0.05) is 24.8 Å². The van der Waals surface area contributed by atoms with Crippen molar-refractivity contribution >= 4 is 5.82 Å². The molecule has 0 aromatic carbocycles. The first-order valence-corrected chi connectivity index (χ1v) is 5.90. The molecule has 0 spiro atoms. The zero-order valence-electron chi connectivity index (χ0n) is 10.3. The molecule has 17 heavy (non-hydrogen) atoms. The molecule has 1 aromatic rings. The summed E-state index contributed by atoms with van der Waals surface area (Å²) in [4.78, 5) is 4.39. The summed E-state index contributed by atoms with van der Waals surface area (Å²) in [7, 11) is 0. The minimum Gasteiger partial charge on any atom is -0.381 e. The smallest absolute Gasteiger partial charge is 0.144 e. The number of nitrogens with zero attached hydrogens (tertiary/aromatic N) is 2. The third kappa shape index (κ3) is 2.75. The number of pyridine rings is 1. The summed E-state index contributed by atoms with van der Waals surface area (Å²) in [5, 5.41) is 12.4. The van der Waals surface area contributed by atoms with Crippen LogP contribution in [0.5, 0.6) is 0 Å². The van der Waals surface area contributed by atoms with Crippen molar-refractivity contribution < 1.29 is 4.74 Å². The van der Waals surface area contributed by atoms with E-state index in [0.29, 0.717) is 17.3 Å². The Morgan fingerprint density at radius 2 is 2.41 bits per heavy atom. The lowest BCUT2D eigenvalue weighted by Gasteiger charge is -2.13. The van der Waals surface area contributed by atoms with Crippen LogP contribution >= 0.6 is 0 Å². The summed E-state index contributed by atoms with van der Waals surface area (Å²) in [6, 6.07) is 4.14. The molecule has 90 valence electrons. The molecule has 1 atom stereocenters. The molecule has 0 amide bonds. The maximum absolute atomic E-state index is 9.13. The normalized spacial score (nSPS) is 19.0. The fourth-order valence-electron chi connectivity index (χ4n) is 2.09. The highest BCUT2D eigenvalue weighted by Gasteiger charge is 2.16. The van der Waals surface area contributed by atoms with Crippen LogP contribution in [0.25, 0.3) is 0 Å². The molecule has 1 aliphatic heterocycles. The maximum Gasteiger partial charge on any atom is 0.144 e. The number of hydrogen-bond donors (Lipinski definition) is 1. The number of hydrogen-bond acceptors (Lipinski definition) is 4. The van der Waals surface area contributed by atoms with Crippen molar-refractivity contribution in [1.29, 1.82) is 5.26 Å². The molecule has 2 rings (SSSR count). The van der Waals surface area contributed by atoms with E-state index in [4.69, 9.17) is 10.00 Å². The van der Waals surface area contributed by atoms with Crippen molar-refractivity contribution in [2.24, 2.45) is 5.92 Å². The molecule has 0 bridgehead atoms. The molecule has 0 aliphatic carbocycles. The summed E-state index contributed by atoms with van der Waals surface area (Å²) in [5.74, 6) is 1.24. The summed E-state index contributed by atoms with van der Waals surface area (Å²) >= 11 is 0. The predicted octanol–water partition coefficient (Wildman–Crippen LogP) is 2.02. The van der Waals surface area contributed by atoms with Crippen LogP contribution in [0.4, 0.5) is 5.82 Å². The molecule has 2 heterocycles. The Balaban J connectivity index is 2.11. The van der Waals surface area contributed by atoms with Crippen molar-refractivity contribution in [2.45, 2.75) is 20.3 Å². The minimum atomic E-state index is 0.532. The van der Waals surface area contributed by atoms with E-state index in [0.717, 1.165) is 37.4 Å². The molecular weight excluding hydrogens is 214 g/mol. The predicted molar refractivity (Wildman–Crippen MR) is 65.8 cm³/mol. The van der Waals surface area contributed by atoms with E-state index in [1.807, 2.05) is 19.9 Å². The van der Waals surface area contributed by atoms with Crippen LogP contribution < -0.4 is 5.32 Å². The van der Waals surface area contributed by atoms with Crippen LogP contribution in [0.2, 0.25) is 0 Å². The van der Waals surface area contributed by atoms with E-state index in [1.165, 1.54) is 0 Å². The number of aromatic nitrogens is 1. The number of anilines is 1. The van der Waals surface area contributed by atoms with Gasteiger partial charge in [-0.1, -0.05) is 0 Å². The van der Waals surface area contributed by atoms with Crippen molar-refractivity contribution in [1.82, 2.24) is 4.98 Å². The van der Waals surface area contributed by atoms with Crippen LogP contribution in [-0.2, 0) is 4.74 Å². The lowest BCUT2D eigenvalue weighted by molar-refractivity contribution is 0.187. The lowest BCUT2D eigenvalue weighted by Crippen LogP contribution is -2.16. The topological polar surface area (TPSA) is 57.9 Å². The average Bonchev–Trinajstić information content (AvgIpc) is 2.78. The summed E-state index contributed by atoms with van der Waals surface area (Å²) in [5.41, 5.74) is 2.56. The van der Waals surface area contributed by atoms with Gasteiger partial charge in [-0.15, -0.1) is 0 Å². The van der Waals surface area contributed by atoms with Gasteiger partial charge in [-0.3, -0.25) is 0 Å². The maximum atomic E-state index is 9.13. The number of nitriles is 1. The summed E-state index contributed by atoms with van der Waals surface area (Å²) in [6.07, 6.45) is 1.08. The van der Waals surface area contributed by atoms with E-state index >= 15 is 0 Å². The van der Waals surface area contributed by atoms with E-state index in [9.17, 15) is 0 Å². The fourth-order valence-corrected chi connectivity index (χ4v) is 2.09. The second-order valence-corrected chi connectivity index (χ2v) is 4.53. The molecule has 1 unspecified atom stereocenters. The minimum absolute atomic E-state index is 0.532. The van der Waals surface area contributed by atoms with Crippen molar-refractivity contribution in [3.05, 3.63) is 22.9 Å². The van der Waals surface area contributed by atoms with Crippen LogP contribution in [-0.4, -0.2) is 24.7 Å². The molecule has 1 aliphatic rings. The Kier molecular flexibility index (Phi) is 3.60. The molecular formula is C13H17N3O. The number of ether oxygens (including phenoxy) is 1. The van der Waals surface area contributed by atoms with E-state index in [2.05, 4.69) is 16.4 Å². The first-order valence-electron chi connectivity index (χ1n) is 5.90. The average molecular weight is 231 g/mol. The van der Waals surface area contributed by atoms with Gasteiger partial charge in [-0.2, -0.15) is 5.26 Å². The number of aryl methyl sites for hydroxylation is 2. The first-order chi connectivity index (χ1) is 8.20. The summed E-state index contributed by atoms with van der Waals surface area (Å²) < 4.78 is 5.32. The van der Waals surface area contributed by atoms with Crippen LogP contribution in [0, 0.1) is 31.1 Å². The van der Waals surface area contributed by atoms with E-state index in [-0.39, 0.29) is 0 Å². The van der Waals surface area contributed by atoms with Crippen molar-refractivity contribution in [3.8, 4) is 6.07 Å². The standard InChI is InChI=1S/C13H17N3O/c1-9-5-10(2)16-13(12(9)6-14)15-7-11-3-4-17-8-11/h5,11H,3-4,7-8H2,1-2H3,(H,15,16). The first kappa shape index (κ1) is 11.9. The Labute approximate surface area is 102 Å². The van der Waals surface area contributed by atoms with Gasteiger partial charge >= 0.3 is 0 Å². The largest absolute Gasteiger partial charge is 0.381 e. The molecule has 4 heteroatoms. The van der Waals surface area contributed by atoms with Crippen molar-refractivity contribution in [3.63, 3.8) is 0 Å². The fraction of sp³-hybridized carbons (Fsp3) is 0.538. The van der Waals surface area contributed by atoms with Gasteiger partial charge in [0.25, 0.3) is 0 Å². The zero-order valence-corrected chi connectivity index (χ0v) is 10.3. The van der Waals surface area contributed by atoms with Crippen LogP contribution in [0.3, 0.4) is 0 Å². The van der Waals surface area contributed by atoms with E-state index < -0.39 is 0 Å². The number of nitrogens with one attached hydrogen (secondary N) is 1. The molecule has 1 fully saturated rings. The van der Waals surface area contributed by atoms with Gasteiger partial charge in [0.2, 0.25) is 0 Å². The highest BCUT2D eigenvalue weighted by atomic mass is 16.5. The van der Waals surface area contributed by atoms with Gasteiger partial charge in [-0.05, 0) is 31.9 Å². The second-order valence-electron chi connectivity index (χ2n) is 4.53. The van der Waals surface area contributed by atoms with Gasteiger partial charge in [-0.25, -0.2) is 4.98 Å². The molecule has 1 aromatic heterocycles. The molecule has 1 saturated heterocycles. The third-order valence-corrected chi connectivity index (χ3v) is 3.04. The van der Waals surface area contributed by atoms with E-state index in [1.54, 1.807) is 0 Å². The molecule has 0 saturated carbocycles. The SMILES string of the molecule is Cc1cc(C)c(C#N)c(NCC2CCOC2)n1. The van der Waals surface area contributed by atoms with Gasteiger partial charge in [0.1, 0.15) is 11.9 Å². The van der Waals surface area contributed by atoms with Crippen LogP contribution in [0.1, 0.15) is 23.2 Å². The lowest BCUT2D eigenvalue weighted by atomic mass is 10.1.